The van der Waals surface area contributed by atoms with Gasteiger partial charge in [0.1, 0.15) is 0 Å². The average Bonchev–Trinajstić information content (AvgIpc) is 2.99. The Hall–Kier alpha value is -1.56. The van der Waals surface area contributed by atoms with Crippen LogP contribution in [0.1, 0.15) is 31.2 Å². The Bertz CT molecular complexity index is 514. The zero-order chi connectivity index (χ0) is 15.5. The highest BCUT2D eigenvalue weighted by atomic mass is 16.2. The Morgan fingerprint density at radius 1 is 1.36 bits per heavy atom. The van der Waals surface area contributed by atoms with Crippen LogP contribution in [0.3, 0.4) is 0 Å². The molecule has 2 bridgehead atoms. The number of likely N-dealkylation sites (N-methyl/N-ethyl adjacent to an activating group) is 1. The SMILES string of the molecule is Cc1cnn(CCCNC(=O)N2CC[C@H]3CC[C@@H](C2)N3C)c1. The van der Waals surface area contributed by atoms with Crippen LogP contribution < -0.4 is 5.32 Å². The van der Waals surface area contributed by atoms with Gasteiger partial charge < -0.3 is 10.2 Å². The van der Waals surface area contributed by atoms with E-state index in [0.29, 0.717) is 18.6 Å². The second kappa shape index (κ2) is 6.69. The van der Waals surface area contributed by atoms with Crippen LogP contribution in [0.5, 0.6) is 0 Å². The third-order valence-corrected chi connectivity index (χ3v) is 5.04. The van der Waals surface area contributed by atoms with Gasteiger partial charge in [-0.2, -0.15) is 5.10 Å². The van der Waals surface area contributed by atoms with Gasteiger partial charge >= 0.3 is 6.03 Å². The molecular weight excluding hydrogens is 278 g/mol. The first kappa shape index (κ1) is 15.3. The Labute approximate surface area is 132 Å². The number of hydrogen-bond acceptors (Lipinski definition) is 3. The lowest BCUT2D eigenvalue weighted by Crippen LogP contribution is -2.45. The maximum atomic E-state index is 12.3. The first-order chi connectivity index (χ1) is 10.6. The van der Waals surface area contributed by atoms with E-state index in [1.165, 1.54) is 18.4 Å². The van der Waals surface area contributed by atoms with E-state index in [-0.39, 0.29) is 6.03 Å². The van der Waals surface area contributed by atoms with Crippen molar-refractivity contribution in [2.45, 2.75) is 51.2 Å². The van der Waals surface area contributed by atoms with Crippen LogP contribution in [0.15, 0.2) is 12.4 Å². The molecule has 0 aliphatic carbocycles. The number of aryl methyl sites for hydroxylation is 2. The molecule has 1 aromatic rings. The third-order valence-electron chi connectivity index (χ3n) is 5.04. The average molecular weight is 305 g/mol. The summed E-state index contributed by atoms with van der Waals surface area (Å²) >= 11 is 0. The maximum absolute atomic E-state index is 12.3. The first-order valence-electron chi connectivity index (χ1n) is 8.37. The molecule has 0 unspecified atom stereocenters. The van der Waals surface area contributed by atoms with Crippen LogP contribution in [0.2, 0.25) is 0 Å². The third kappa shape index (κ3) is 3.43. The lowest BCUT2D eigenvalue weighted by atomic mass is 10.1. The van der Waals surface area contributed by atoms with Crippen molar-refractivity contribution in [3.8, 4) is 0 Å². The second-order valence-electron chi connectivity index (χ2n) is 6.65. The summed E-state index contributed by atoms with van der Waals surface area (Å²) in [4.78, 5) is 16.8. The van der Waals surface area contributed by atoms with E-state index in [2.05, 4.69) is 22.4 Å². The number of fused-ring (bicyclic) bond motifs is 2. The van der Waals surface area contributed by atoms with Crippen LogP contribution in [0.25, 0.3) is 0 Å². The van der Waals surface area contributed by atoms with Gasteiger partial charge in [-0.05, 0) is 45.2 Å². The Kier molecular flexibility index (Phi) is 4.66. The lowest BCUT2D eigenvalue weighted by Gasteiger charge is -2.26. The molecular formula is C16H27N5O. The molecule has 6 nitrogen and oxygen atoms in total. The summed E-state index contributed by atoms with van der Waals surface area (Å²) < 4.78 is 1.93. The number of carbonyl (C=O) groups is 1. The van der Waals surface area contributed by atoms with Crippen LogP contribution >= 0.6 is 0 Å². The van der Waals surface area contributed by atoms with Gasteiger partial charge in [0.15, 0.2) is 0 Å². The fraction of sp³-hybridized carbons (Fsp3) is 0.750. The zero-order valence-electron chi connectivity index (χ0n) is 13.7. The van der Waals surface area contributed by atoms with Gasteiger partial charge in [0.05, 0.1) is 6.20 Å². The van der Waals surface area contributed by atoms with E-state index in [9.17, 15) is 4.79 Å². The molecule has 2 amide bonds. The minimum absolute atomic E-state index is 0.0950. The molecule has 1 N–H and O–H groups in total. The summed E-state index contributed by atoms with van der Waals surface area (Å²) in [6, 6.07) is 1.31. The lowest BCUT2D eigenvalue weighted by molar-refractivity contribution is 0.188. The molecule has 2 atom stereocenters. The van der Waals surface area contributed by atoms with Gasteiger partial charge in [0, 0.05) is 44.5 Å². The molecule has 0 radical (unpaired) electrons. The summed E-state index contributed by atoms with van der Waals surface area (Å²) in [5.41, 5.74) is 1.17. The minimum atomic E-state index is 0.0950. The van der Waals surface area contributed by atoms with E-state index >= 15 is 0 Å². The van der Waals surface area contributed by atoms with Gasteiger partial charge in [-0.1, -0.05) is 0 Å². The minimum Gasteiger partial charge on any atom is -0.338 e. The molecule has 2 saturated heterocycles. The van der Waals surface area contributed by atoms with Crippen molar-refractivity contribution in [3.05, 3.63) is 18.0 Å². The normalized spacial score (nSPS) is 25.3. The van der Waals surface area contributed by atoms with E-state index < -0.39 is 0 Å². The van der Waals surface area contributed by atoms with Gasteiger partial charge in [-0.3, -0.25) is 9.58 Å². The van der Waals surface area contributed by atoms with Crippen molar-refractivity contribution in [1.82, 2.24) is 24.9 Å². The van der Waals surface area contributed by atoms with Gasteiger partial charge in [0.2, 0.25) is 0 Å². The van der Waals surface area contributed by atoms with Crippen LogP contribution in [-0.2, 0) is 6.54 Å². The van der Waals surface area contributed by atoms with Crippen molar-refractivity contribution in [3.63, 3.8) is 0 Å². The van der Waals surface area contributed by atoms with E-state index in [1.807, 2.05) is 28.9 Å². The highest BCUT2D eigenvalue weighted by molar-refractivity contribution is 5.74. The van der Waals surface area contributed by atoms with Crippen molar-refractivity contribution >= 4 is 6.03 Å². The van der Waals surface area contributed by atoms with Gasteiger partial charge in [0.25, 0.3) is 0 Å². The Morgan fingerprint density at radius 3 is 2.95 bits per heavy atom. The summed E-state index contributed by atoms with van der Waals surface area (Å²) in [7, 11) is 2.20. The molecule has 22 heavy (non-hydrogen) atoms. The fourth-order valence-corrected chi connectivity index (χ4v) is 3.63. The first-order valence-corrected chi connectivity index (χ1v) is 8.37. The fourth-order valence-electron chi connectivity index (χ4n) is 3.63. The predicted octanol–water partition coefficient (Wildman–Crippen LogP) is 1.46. The zero-order valence-corrected chi connectivity index (χ0v) is 13.7. The number of rotatable bonds is 4. The van der Waals surface area contributed by atoms with Crippen LogP contribution in [0, 0.1) is 6.92 Å². The van der Waals surface area contributed by atoms with Crippen LogP contribution in [0.4, 0.5) is 4.79 Å². The van der Waals surface area contributed by atoms with E-state index in [4.69, 9.17) is 0 Å². The highest BCUT2D eigenvalue weighted by Gasteiger charge is 2.35. The molecule has 3 rings (SSSR count). The molecule has 2 aliphatic heterocycles. The number of hydrogen-bond donors (Lipinski definition) is 1. The second-order valence-corrected chi connectivity index (χ2v) is 6.65. The molecule has 0 aromatic carbocycles. The summed E-state index contributed by atoms with van der Waals surface area (Å²) in [5, 5.41) is 7.32. The summed E-state index contributed by atoms with van der Waals surface area (Å²) in [6.07, 6.45) is 8.42. The number of aromatic nitrogens is 2. The molecule has 3 heterocycles. The number of nitrogens with zero attached hydrogens (tertiary/aromatic N) is 4. The van der Waals surface area contributed by atoms with Crippen LogP contribution in [-0.4, -0.2) is 64.4 Å². The standard InChI is InChI=1S/C16H27N5O/c1-13-10-18-21(11-13)8-3-7-17-16(22)20-9-6-14-4-5-15(12-20)19(14)2/h10-11,14-15H,3-9,12H2,1-2H3,(H,17,22)/t14-,15+/m1/s1. The summed E-state index contributed by atoms with van der Waals surface area (Å²) in [5.74, 6) is 0. The van der Waals surface area contributed by atoms with Crippen molar-refractivity contribution in [1.29, 1.82) is 0 Å². The highest BCUT2D eigenvalue weighted by Crippen LogP contribution is 2.28. The van der Waals surface area contributed by atoms with Gasteiger partial charge in [-0.15, -0.1) is 0 Å². The molecule has 0 saturated carbocycles. The predicted molar refractivity (Wildman–Crippen MR) is 85.7 cm³/mol. The topological polar surface area (TPSA) is 53.4 Å². The molecule has 1 aromatic heterocycles. The number of carbonyl (C=O) groups excluding carboxylic acids is 1. The number of likely N-dealkylation sites (tertiary alicyclic amines) is 1. The van der Waals surface area contributed by atoms with Gasteiger partial charge in [-0.25, -0.2) is 4.79 Å². The molecule has 122 valence electrons. The molecule has 2 fully saturated rings. The quantitative estimate of drug-likeness (QED) is 0.857. The molecule has 0 spiro atoms. The number of nitrogens with one attached hydrogen (secondary N) is 1. The Balaban J connectivity index is 1.40. The monoisotopic (exact) mass is 305 g/mol. The summed E-state index contributed by atoms with van der Waals surface area (Å²) in [6.45, 7) is 5.35. The maximum Gasteiger partial charge on any atom is 0.317 e. The van der Waals surface area contributed by atoms with E-state index in [0.717, 1.165) is 32.5 Å². The largest absolute Gasteiger partial charge is 0.338 e. The van der Waals surface area contributed by atoms with Crippen molar-refractivity contribution in [2.75, 3.05) is 26.7 Å². The van der Waals surface area contributed by atoms with E-state index in [1.54, 1.807) is 0 Å². The molecule has 2 aliphatic rings. The number of amides is 2. The number of urea groups is 1. The van der Waals surface area contributed by atoms with Crippen molar-refractivity contribution in [2.24, 2.45) is 0 Å². The van der Waals surface area contributed by atoms with Crippen molar-refractivity contribution < 1.29 is 4.79 Å². The Morgan fingerprint density at radius 2 is 2.18 bits per heavy atom. The smallest absolute Gasteiger partial charge is 0.317 e. The molecule has 6 heteroatoms.